The van der Waals surface area contributed by atoms with E-state index in [0.717, 1.165) is 10.0 Å². The Morgan fingerprint density at radius 1 is 0.941 bits per heavy atom. The van der Waals surface area contributed by atoms with E-state index in [0.29, 0.717) is 6.42 Å². The van der Waals surface area contributed by atoms with Gasteiger partial charge in [0.25, 0.3) is 5.78 Å². The number of Topliss-reactive ketones (excluding diaryl/α,β-unsaturated/α-hetero) is 1. The highest BCUT2D eigenvalue weighted by molar-refractivity contribution is 9.10. The summed E-state index contributed by atoms with van der Waals surface area (Å²) in [5.41, 5.74) is 0.872. The Kier molecular flexibility index (Phi) is 12.3. The fraction of sp³-hybridized carbons (Fsp3) is 0.565. The molecule has 0 radical (unpaired) electrons. The molecule has 0 spiro atoms. The summed E-state index contributed by atoms with van der Waals surface area (Å²) in [5, 5.41) is 16.8. The van der Waals surface area contributed by atoms with Crippen LogP contribution in [0.1, 0.15) is 46.1 Å². The summed E-state index contributed by atoms with van der Waals surface area (Å²) in [7, 11) is 0. The fourth-order valence-electron chi connectivity index (χ4n) is 3.34. The van der Waals surface area contributed by atoms with E-state index in [-0.39, 0.29) is 18.4 Å². The molecule has 0 heterocycles. The van der Waals surface area contributed by atoms with Gasteiger partial charge in [0.15, 0.2) is 0 Å². The molecule has 0 saturated carbocycles. The number of hydrogen-bond acceptors (Lipinski definition) is 5. The van der Waals surface area contributed by atoms with Crippen molar-refractivity contribution in [2.45, 2.75) is 77.6 Å². The number of carboxylic acid groups (broad SMARTS) is 1. The maximum absolute atomic E-state index is 13.1. The van der Waals surface area contributed by atoms with Crippen molar-refractivity contribution in [3.05, 3.63) is 34.3 Å². The van der Waals surface area contributed by atoms with Crippen molar-refractivity contribution in [3.8, 4) is 0 Å². The summed E-state index contributed by atoms with van der Waals surface area (Å²) in [6.07, 6.45) is -3.66. The van der Waals surface area contributed by atoms with Gasteiger partial charge in [-0.25, -0.2) is 13.6 Å². The molecule has 34 heavy (non-hydrogen) atoms. The van der Waals surface area contributed by atoms with Crippen LogP contribution in [-0.2, 0) is 25.6 Å². The minimum absolute atomic E-state index is 0.0520. The topological polar surface area (TPSA) is 125 Å². The highest BCUT2D eigenvalue weighted by Crippen LogP contribution is 2.14. The highest BCUT2D eigenvalue weighted by atomic mass is 79.9. The van der Waals surface area contributed by atoms with Crippen LogP contribution >= 0.6 is 15.9 Å². The highest BCUT2D eigenvalue weighted by Gasteiger charge is 2.33. The van der Waals surface area contributed by atoms with Gasteiger partial charge in [0.05, 0.1) is 6.04 Å². The third-order valence-corrected chi connectivity index (χ3v) is 5.27. The average Bonchev–Trinajstić information content (AvgIpc) is 2.70. The molecule has 0 bridgehead atoms. The molecule has 0 fully saturated rings. The van der Waals surface area contributed by atoms with Crippen LogP contribution in [0.3, 0.4) is 0 Å². The predicted molar refractivity (Wildman–Crippen MR) is 126 cm³/mol. The van der Waals surface area contributed by atoms with Gasteiger partial charge < -0.3 is 21.1 Å². The van der Waals surface area contributed by atoms with Gasteiger partial charge in [-0.15, -0.1) is 0 Å². The first-order valence-electron chi connectivity index (χ1n) is 11.0. The molecule has 4 N–H and O–H groups in total. The molecule has 3 atom stereocenters. The number of aliphatic carboxylic acids is 1. The molecule has 0 aliphatic heterocycles. The van der Waals surface area contributed by atoms with Crippen LogP contribution in [0.25, 0.3) is 0 Å². The monoisotopic (exact) mass is 547 g/mol. The number of nitrogens with one attached hydrogen (secondary N) is 3. The van der Waals surface area contributed by atoms with E-state index in [9.17, 15) is 28.0 Å². The Labute approximate surface area is 206 Å². The third-order valence-electron chi connectivity index (χ3n) is 4.78. The lowest BCUT2D eigenvalue weighted by Crippen LogP contribution is -2.57. The second-order valence-corrected chi connectivity index (χ2v) is 9.67. The maximum Gasteiger partial charge on any atom is 0.374 e. The fourth-order valence-corrected chi connectivity index (χ4v) is 3.78. The van der Waals surface area contributed by atoms with Crippen LogP contribution in [0, 0.1) is 5.92 Å². The standard InChI is InChI=1S/C23H32BrF2N3O5/c1-12(2)8-17(21(31)28-16(11-19(25)26)20(30)23(33)34)29-22(32)18(27-13(3)4)10-14-6-5-7-15(24)9-14/h5-7,9,12-13,16-19,27H,8,10-11H2,1-4H3,(H,28,31)(H,29,32)(H,33,34). The molecular weight excluding hydrogens is 516 g/mol. The van der Waals surface area contributed by atoms with Crippen LogP contribution in [0.15, 0.2) is 28.7 Å². The summed E-state index contributed by atoms with van der Waals surface area (Å²) in [5.74, 6) is -4.92. The molecule has 0 aliphatic rings. The van der Waals surface area contributed by atoms with E-state index in [1.165, 1.54) is 0 Å². The van der Waals surface area contributed by atoms with E-state index in [1.807, 2.05) is 38.1 Å². The minimum Gasteiger partial charge on any atom is -0.475 e. The molecule has 0 aliphatic carbocycles. The Morgan fingerprint density at radius 2 is 1.53 bits per heavy atom. The van der Waals surface area contributed by atoms with Crippen LogP contribution in [0.5, 0.6) is 0 Å². The first-order chi connectivity index (χ1) is 15.8. The SMILES string of the molecule is CC(C)CC(NC(=O)C(Cc1cccc(Br)c1)NC(C)C)C(=O)NC(CC(F)F)C(=O)C(=O)O. The second-order valence-electron chi connectivity index (χ2n) is 8.76. The quantitative estimate of drug-likeness (QED) is 0.265. The number of hydrogen-bond donors (Lipinski definition) is 4. The van der Waals surface area contributed by atoms with E-state index < -0.39 is 54.5 Å². The van der Waals surface area contributed by atoms with Gasteiger partial charge in [-0.1, -0.05) is 55.8 Å². The first-order valence-corrected chi connectivity index (χ1v) is 11.8. The summed E-state index contributed by atoms with van der Waals surface area (Å²) in [4.78, 5) is 48.7. The lowest BCUT2D eigenvalue weighted by Gasteiger charge is -2.26. The van der Waals surface area contributed by atoms with Crippen molar-refractivity contribution >= 4 is 39.5 Å². The number of carbonyl (C=O) groups is 4. The van der Waals surface area contributed by atoms with Gasteiger partial charge in [0.1, 0.15) is 12.1 Å². The minimum atomic E-state index is -3.00. The molecule has 8 nitrogen and oxygen atoms in total. The van der Waals surface area contributed by atoms with Crippen molar-refractivity contribution in [1.82, 2.24) is 16.0 Å². The Balaban J connectivity index is 3.07. The summed E-state index contributed by atoms with van der Waals surface area (Å²) < 4.78 is 26.6. The second kappa shape index (κ2) is 14.1. The average molecular weight is 548 g/mol. The van der Waals surface area contributed by atoms with E-state index in [2.05, 4.69) is 31.9 Å². The van der Waals surface area contributed by atoms with E-state index in [1.54, 1.807) is 13.8 Å². The largest absolute Gasteiger partial charge is 0.475 e. The van der Waals surface area contributed by atoms with Crippen molar-refractivity contribution in [1.29, 1.82) is 0 Å². The lowest BCUT2D eigenvalue weighted by atomic mass is 10.00. The van der Waals surface area contributed by atoms with Crippen LogP contribution in [0.2, 0.25) is 0 Å². The normalized spacial score (nSPS) is 14.1. The van der Waals surface area contributed by atoms with Crippen LogP contribution in [-0.4, -0.2) is 59.3 Å². The summed E-state index contributed by atoms with van der Waals surface area (Å²) >= 11 is 3.39. The van der Waals surface area contributed by atoms with Crippen molar-refractivity contribution in [3.63, 3.8) is 0 Å². The first kappa shape index (κ1) is 29.6. The van der Waals surface area contributed by atoms with Crippen LogP contribution < -0.4 is 16.0 Å². The maximum atomic E-state index is 13.1. The zero-order chi connectivity index (χ0) is 26.0. The van der Waals surface area contributed by atoms with Gasteiger partial charge >= 0.3 is 5.97 Å². The lowest BCUT2D eigenvalue weighted by molar-refractivity contribution is -0.151. The van der Waals surface area contributed by atoms with Gasteiger partial charge in [0.2, 0.25) is 18.2 Å². The van der Waals surface area contributed by atoms with Crippen molar-refractivity contribution < 1.29 is 33.1 Å². The van der Waals surface area contributed by atoms with Gasteiger partial charge in [-0.2, -0.15) is 0 Å². The Bertz CT molecular complexity index is 867. The Hall–Kier alpha value is -2.40. The summed E-state index contributed by atoms with van der Waals surface area (Å²) in [6.45, 7) is 7.34. The molecular formula is C23H32BrF2N3O5. The molecule has 2 amide bonds. The number of alkyl halides is 2. The molecule has 3 unspecified atom stereocenters. The molecule has 0 aromatic heterocycles. The summed E-state index contributed by atoms with van der Waals surface area (Å²) in [6, 6.07) is 3.62. The molecule has 1 rings (SSSR count). The molecule has 0 saturated heterocycles. The zero-order valence-corrected chi connectivity index (χ0v) is 21.2. The Morgan fingerprint density at radius 3 is 2.03 bits per heavy atom. The third kappa shape index (κ3) is 10.7. The van der Waals surface area contributed by atoms with E-state index >= 15 is 0 Å². The number of benzene rings is 1. The van der Waals surface area contributed by atoms with Crippen molar-refractivity contribution in [2.75, 3.05) is 0 Å². The van der Waals surface area contributed by atoms with Crippen LogP contribution in [0.4, 0.5) is 8.78 Å². The number of halogens is 3. The van der Waals surface area contributed by atoms with E-state index in [4.69, 9.17) is 5.11 Å². The van der Waals surface area contributed by atoms with Gasteiger partial charge in [-0.3, -0.25) is 14.4 Å². The number of rotatable bonds is 14. The number of carboxylic acids is 1. The molecule has 1 aromatic carbocycles. The predicted octanol–water partition coefficient (Wildman–Crippen LogP) is 2.68. The number of ketones is 1. The molecule has 1 aromatic rings. The van der Waals surface area contributed by atoms with Crippen molar-refractivity contribution in [2.24, 2.45) is 5.92 Å². The zero-order valence-electron chi connectivity index (χ0n) is 19.6. The smallest absolute Gasteiger partial charge is 0.374 e. The number of amides is 2. The molecule has 190 valence electrons. The number of carbonyl (C=O) groups excluding carboxylic acids is 3. The van der Waals surface area contributed by atoms with Gasteiger partial charge in [-0.05, 0) is 36.5 Å². The van der Waals surface area contributed by atoms with Gasteiger partial charge in [0, 0.05) is 16.9 Å². The molecule has 11 heteroatoms.